The Labute approximate surface area is 193 Å². The first kappa shape index (κ1) is 22.7. The Balaban J connectivity index is 1.32. The van der Waals surface area contributed by atoms with Gasteiger partial charge in [0, 0.05) is 51.1 Å². The van der Waals surface area contributed by atoms with Gasteiger partial charge >= 0.3 is 0 Å². The molecule has 0 saturated carbocycles. The van der Waals surface area contributed by atoms with Crippen molar-refractivity contribution in [3.63, 3.8) is 0 Å². The third kappa shape index (κ3) is 5.31. The van der Waals surface area contributed by atoms with Gasteiger partial charge in [-0.25, -0.2) is 4.68 Å². The lowest BCUT2D eigenvalue weighted by Crippen LogP contribution is -2.40. The van der Waals surface area contributed by atoms with E-state index in [4.69, 9.17) is 4.74 Å². The van der Waals surface area contributed by atoms with E-state index < -0.39 is 6.10 Å². The zero-order valence-corrected chi connectivity index (χ0v) is 19.1. The molecule has 1 unspecified atom stereocenters. The highest BCUT2D eigenvalue weighted by molar-refractivity contribution is 5.94. The summed E-state index contributed by atoms with van der Waals surface area (Å²) in [6, 6.07) is 13.2. The highest BCUT2D eigenvalue weighted by Gasteiger charge is 2.27. The number of ether oxygens (including phenoxy) is 1. The molecule has 4 rings (SSSR count). The molecule has 33 heavy (non-hydrogen) atoms. The van der Waals surface area contributed by atoms with E-state index in [1.54, 1.807) is 18.5 Å². The molecule has 174 valence electrons. The molecule has 0 aliphatic carbocycles. The summed E-state index contributed by atoms with van der Waals surface area (Å²) in [4.78, 5) is 27.4. The van der Waals surface area contributed by atoms with Crippen molar-refractivity contribution < 1.29 is 14.3 Å². The molecule has 9 nitrogen and oxygen atoms in total. The van der Waals surface area contributed by atoms with E-state index in [-0.39, 0.29) is 17.9 Å². The van der Waals surface area contributed by atoms with E-state index >= 15 is 0 Å². The fraction of sp³-hybridized carbons (Fsp3) is 0.417. The number of rotatable bonds is 8. The maximum atomic E-state index is 12.9. The van der Waals surface area contributed by atoms with Crippen LogP contribution in [0.25, 0.3) is 0 Å². The van der Waals surface area contributed by atoms with Crippen molar-refractivity contribution >= 4 is 17.6 Å². The molecule has 1 fully saturated rings. The van der Waals surface area contributed by atoms with Gasteiger partial charge in [0.05, 0.1) is 12.2 Å². The summed E-state index contributed by atoms with van der Waals surface area (Å²) in [5.41, 5.74) is 1.85. The highest BCUT2D eigenvalue weighted by Crippen LogP contribution is 2.27. The monoisotopic (exact) mass is 450 g/mol. The summed E-state index contributed by atoms with van der Waals surface area (Å²) < 4.78 is 9.14. The zero-order valence-electron chi connectivity index (χ0n) is 19.1. The molecule has 2 aromatic heterocycles. The number of methoxy groups -OCH3 is 1. The Morgan fingerprint density at radius 3 is 2.48 bits per heavy atom. The van der Waals surface area contributed by atoms with Crippen LogP contribution in [-0.4, -0.2) is 56.5 Å². The summed E-state index contributed by atoms with van der Waals surface area (Å²) in [5.74, 6) is 0.534. The molecule has 1 N–H and O–H groups in total. The van der Waals surface area contributed by atoms with Gasteiger partial charge < -0.3 is 15.0 Å². The number of amides is 2. The minimum absolute atomic E-state index is 0.116. The topological polar surface area (TPSA) is 94.3 Å². The van der Waals surface area contributed by atoms with Gasteiger partial charge in [0.25, 0.3) is 5.91 Å². The van der Waals surface area contributed by atoms with Crippen LogP contribution in [0.1, 0.15) is 42.7 Å². The van der Waals surface area contributed by atoms with Crippen molar-refractivity contribution in [3.8, 4) is 0 Å². The van der Waals surface area contributed by atoms with Crippen LogP contribution in [0.15, 0.2) is 54.9 Å². The molecule has 1 atom stereocenters. The lowest BCUT2D eigenvalue weighted by molar-refractivity contribution is -0.132. The van der Waals surface area contributed by atoms with Gasteiger partial charge in [-0.2, -0.15) is 10.2 Å². The first-order valence-corrected chi connectivity index (χ1v) is 11.2. The van der Waals surface area contributed by atoms with Crippen LogP contribution in [0.3, 0.4) is 0 Å². The number of benzene rings is 1. The van der Waals surface area contributed by atoms with E-state index in [9.17, 15) is 9.59 Å². The fourth-order valence-electron chi connectivity index (χ4n) is 4.27. The highest BCUT2D eigenvalue weighted by atomic mass is 16.5. The summed E-state index contributed by atoms with van der Waals surface area (Å²) in [6.45, 7) is 3.91. The van der Waals surface area contributed by atoms with Crippen LogP contribution in [0.4, 0.5) is 5.82 Å². The first-order chi connectivity index (χ1) is 16.1. The molecule has 0 spiro atoms. The van der Waals surface area contributed by atoms with Crippen molar-refractivity contribution in [2.75, 3.05) is 25.5 Å². The second-order valence-corrected chi connectivity index (χ2v) is 8.23. The van der Waals surface area contributed by atoms with Crippen molar-refractivity contribution in [3.05, 3.63) is 66.1 Å². The summed E-state index contributed by atoms with van der Waals surface area (Å²) in [5, 5.41) is 11.6. The lowest BCUT2D eigenvalue weighted by Gasteiger charge is -2.33. The minimum Gasteiger partial charge on any atom is -0.367 e. The number of nitrogens with one attached hydrogen (secondary N) is 1. The molecule has 0 bridgehead atoms. The Morgan fingerprint density at radius 2 is 1.82 bits per heavy atom. The Bertz CT molecular complexity index is 1070. The second kappa shape index (κ2) is 10.4. The van der Waals surface area contributed by atoms with Crippen LogP contribution in [0, 0.1) is 6.92 Å². The number of nitrogens with zero attached hydrogens (tertiary/aromatic N) is 5. The minimum atomic E-state index is -0.701. The maximum Gasteiger partial charge on any atom is 0.259 e. The SMILES string of the molecule is COC(C(=O)Nc1ccnn1C1CCN(C(=O)CCn2nccc2C)CC1)c1ccccc1. The molecule has 1 aromatic carbocycles. The van der Waals surface area contributed by atoms with Crippen LogP contribution in [-0.2, 0) is 20.9 Å². The van der Waals surface area contributed by atoms with Crippen molar-refractivity contribution in [1.82, 2.24) is 24.5 Å². The largest absolute Gasteiger partial charge is 0.367 e. The summed E-state index contributed by atoms with van der Waals surface area (Å²) >= 11 is 0. The van der Waals surface area contributed by atoms with E-state index in [1.807, 2.05) is 57.6 Å². The van der Waals surface area contributed by atoms with E-state index in [0.29, 0.717) is 31.9 Å². The van der Waals surface area contributed by atoms with Gasteiger partial charge in [0.15, 0.2) is 6.10 Å². The smallest absolute Gasteiger partial charge is 0.259 e. The zero-order chi connectivity index (χ0) is 23.2. The lowest BCUT2D eigenvalue weighted by atomic mass is 10.0. The number of hydrogen-bond donors (Lipinski definition) is 1. The molecule has 9 heteroatoms. The van der Waals surface area contributed by atoms with Gasteiger partial charge in [-0.1, -0.05) is 30.3 Å². The van der Waals surface area contributed by atoms with Crippen LogP contribution in [0.2, 0.25) is 0 Å². The third-order valence-corrected chi connectivity index (χ3v) is 6.13. The Morgan fingerprint density at radius 1 is 1.09 bits per heavy atom. The standard InChI is InChI=1S/C24H30N6O3/c1-18-8-13-25-29(18)17-12-22(31)28-15-10-20(11-16-28)30-21(9-14-26-30)27-24(32)23(33-2)19-6-4-3-5-7-19/h3-9,13-14,20,23H,10-12,15-17H2,1-2H3,(H,27,32). The Hall–Kier alpha value is -3.46. The molecular formula is C24H30N6O3. The molecule has 1 aliphatic heterocycles. The van der Waals surface area contributed by atoms with Crippen molar-refractivity contribution in [2.24, 2.45) is 0 Å². The van der Waals surface area contributed by atoms with Gasteiger partial charge in [0.1, 0.15) is 5.82 Å². The second-order valence-electron chi connectivity index (χ2n) is 8.23. The molecule has 2 amide bonds. The summed E-state index contributed by atoms with van der Waals surface area (Å²) in [7, 11) is 1.52. The van der Waals surface area contributed by atoms with Crippen LogP contribution >= 0.6 is 0 Å². The molecule has 3 aromatic rings. The number of anilines is 1. The van der Waals surface area contributed by atoms with E-state index in [1.165, 1.54) is 7.11 Å². The van der Waals surface area contributed by atoms with Gasteiger partial charge in [0.2, 0.25) is 5.91 Å². The predicted molar refractivity (Wildman–Crippen MR) is 123 cm³/mol. The predicted octanol–water partition coefficient (Wildman–Crippen LogP) is 2.97. The first-order valence-electron chi connectivity index (χ1n) is 11.2. The molecule has 1 aliphatic rings. The van der Waals surface area contributed by atoms with Crippen molar-refractivity contribution in [2.45, 2.75) is 44.9 Å². The third-order valence-electron chi connectivity index (χ3n) is 6.13. The number of carbonyl (C=O) groups is 2. The number of aryl methyl sites for hydroxylation is 2. The molecule has 3 heterocycles. The average Bonchev–Trinajstić information content (AvgIpc) is 3.47. The van der Waals surface area contributed by atoms with E-state index in [2.05, 4.69) is 15.5 Å². The quantitative estimate of drug-likeness (QED) is 0.569. The molecule has 1 saturated heterocycles. The Kier molecular flexibility index (Phi) is 7.19. The number of carbonyl (C=O) groups excluding carboxylic acids is 2. The number of piperidine rings is 1. The maximum absolute atomic E-state index is 12.9. The molecular weight excluding hydrogens is 420 g/mol. The average molecular weight is 451 g/mol. The fourth-order valence-corrected chi connectivity index (χ4v) is 4.27. The number of likely N-dealkylation sites (tertiary alicyclic amines) is 1. The van der Waals surface area contributed by atoms with Crippen LogP contribution in [0.5, 0.6) is 0 Å². The summed E-state index contributed by atoms with van der Waals surface area (Å²) in [6.07, 6.45) is 4.73. The number of hydrogen-bond acceptors (Lipinski definition) is 5. The van der Waals surface area contributed by atoms with Gasteiger partial charge in [-0.3, -0.25) is 14.3 Å². The number of aromatic nitrogens is 4. The van der Waals surface area contributed by atoms with Crippen molar-refractivity contribution in [1.29, 1.82) is 0 Å². The normalized spacial score (nSPS) is 15.4. The molecule has 0 radical (unpaired) electrons. The van der Waals surface area contributed by atoms with E-state index in [0.717, 1.165) is 24.1 Å². The van der Waals surface area contributed by atoms with Gasteiger partial charge in [-0.15, -0.1) is 0 Å². The van der Waals surface area contributed by atoms with Gasteiger partial charge in [-0.05, 0) is 31.4 Å². The van der Waals surface area contributed by atoms with Crippen LogP contribution < -0.4 is 5.32 Å².